The van der Waals surface area contributed by atoms with Gasteiger partial charge in [-0.2, -0.15) is 0 Å². The van der Waals surface area contributed by atoms with Crippen LogP contribution < -0.4 is 5.32 Å². The maximum absolute atomic E-state index is 11.9. The predicted molar refractivity (Wildman–Crippen MR) is 75.3 cm³/mol. The molecule has 2 N–H and O–H groups in total. The van der Waals surface area contributed by atoms with Crippen molar-refractivity contribution in [2.24, 2.45) is 5.41 Å². The molecule has 0 spiro atoms. The molecule has 1 aromatic carbocycles. The summed E-state index contributed by atoms with van der Waals surface area (Å²) in [6, 6.07) is 6.70. The van der Waals surface area contributed by atoms with Gasteiger partial charge in [0.15, 0.2) is 0 Å². The molecule has 0 aliphatic rings. The van der Waals surface area contributed by atoms with E-state index in [1.54, 1.807) is 38.1 Å². The van der Waals surface area contributed by atoms with Gasteiger partial charge in [-0.3, -0.25) is 9.59 Å². The summed E-state index contributed by atoms with van der Waals surface area (Å²) < 4.78 is 0. The molecule has 0 heterocycles. The van der Waals surface area contributed by atoms with Gasteiger partial charge in [0.25, 0.3) is 0 Å². The average molecular weight is 284 g/mol. The highest BCUT2D eigenvalue weighted by Gasteiger charge is 2.37. The number of hydrogen-bond acceptors (Lipinski definition) is 2. The number of anilines is 1. The van der Waals surface area contributed by atoms with Crippen molar-refractivity contribution in [1.29, 1.82) is 0 Å². The van der Waals surface area contributed by atoms with Crippen molar-refractivity contribution < 1.29 is 14.7 Å². The number of halogens is 1. The van der Waals surface area contributed by atoms with Crippen LogP contribution in [0.5, 0.6) is 0 Å². The smallest absolute Gasteiger partial charge is 0.310 e. The monoisotopic (exact) mass is 283 g/mol. The molecule has 0 atom stereocenters. The number of aliphatic carboxylic acids is 1. The number of rotatable bonds is 6. The van der Waals surface area contributed by atoms with Crippen molar-refractivity contribution >= 4 is 29.2 Å². The number of benzene rings is 1. The van der Waals surface area contributed by atoms with E-state index in [2.05, 4.69) is 5.32 Å². The molecule has 19 heavy (non-hydrogen) atoms. The number of carboxylic acids is 1. The molecule has 0 radical (unpaired) electrons. The summed E-state index contributed by atoms with van der Waals surface area (Å²) in [5, 5.41) is 12.5. The first kappa shape index (κ1) is 15.5. The summed E-state index contributed by atoms with van der Waals surface area (Å²) in [5.41, 5.74) is -0.378. The largest absolute Gasteiger partial charge is 0.481 e. The minimum absolute atomic E-state index is 0.0298. The van der Waals surface area contributed by atoms with Gasteiger partial charge in [-0.15, -0.1) is 0 Å². The highest BCUT2D eigenvalue weighted by atomic mass is 35.5. The third-order valence-electron chi connectivity index (χ3n) is 3.43. The Balaban J connectivity index is 2.73. The highest BCUT2D eigenvalue weighted by molar-refractivity contribution is 6.30. The SMILES string of the molecule is CCC(CC)(CC(=O)Nc1ccc(Cl)cc1)C(=O)O. The van der Waals surface area contributed by atoms with Crippen LogP contribution in [-0.4, -0.2) is 17.0 Å². The van der Waals surface area contributed by atoms with Gasteiger partial charge in [-0.05, 0) is 37.1 Å². The average Bonchev–Trinajstić information content (AvgIpc) is 2.38. The molecule has 5 heteroatoms. The van der Waals surface area contributed by atoms with Gasteiger partial charge in [0.05, 0.1) is 5.41 Å². The molecular weight excluding hydrogens is 266 g/mol. The zero-order chi connectivity index (χ0) is 14.5. The fraction of sp³-hybridized carbons (Fsp3) is 0.429. The highest BCUT2D eigenvalue weighted by Crippen LogP contribution is 2.31. The van der Waals surface area contributed by atoms with Gasteiger partial charge in [0.1, 0.15) is 0 Å². The summed E-state index contributed by atoms with van der Waals surface area (Å²) in [5.74, 6) is -1.22. The molecule has 0 saturated carbocycles. The first-order valence-corrected chi connectivity index (χ1v) is 6.60. The fourth-order valence-corrected chi connectivity index (χ4v) is 2.05. The molecule has 0 bridgehead atoms. The Bertz CT molecular complexity index is 452. The van der Waals surface area contributed by atoms with E-state index >= 15 is 0 Å². The number of amides is 1. The molecule has 0 fully saturated rings. The van der Waals surface area contributed by atoms with E-state index < -0.39 is 11.4 Å². The number of hydrogen-bond donors (Lipinski definition) is 2. The first-order chi connectivity index (χ1) is 8.93. The minimum Gasteiger partial charge on any atom is -0.481 e. The lowest BCUT2D eigenvalue weighted by Crippen LogP contribution is -2.34. The zero-order valence-corrected chi connectivity index (χ0v) is 11.8. The lowest BCUT2D eigenvalue weighted by Gasteiger charge is -2.25. The van der Waals surface area contributed by atoms with E-state index in [-0.39, 0.29) is 12.3 Å². The van der Waals surface area contributed by atoms with Crippen LogP contribution in [0.25, 0.3) is 0 Å². The topological polar surface area (TPSA) is 66.4 Å². The van der Waals surface area contributed by atoms with Crippen LogP contribution in [0.3, 0.4) is 0 Å². The van der Waals surface area contributed by atoms with E-state index in [0.29, 0.717) is 23.6 Å². The molecule has 0 aliphatic heterocycles. The first-order valence-electron chi connectivity index (χ1n) is 6.22. The Morgan fingerprint density at radius 3 is 2.16 bits per heavy atom. The van der Waals surface area contributed by atoms with Gasteiger partial charge >= 0.3 is 5.97 Å². The van der Waals surface area contributed by atoms with Crippen LogP contribution >= 0.6 is 11.6 Å². The zero-order valence-electron chi connectivity index (χ0n) is 11.1. The minimum atomic E-state index is -0.990. The predicted octanol–water partition coefficient (Wildman–Crippen LogP) is 3.56. The standard InChI is InChI=1S/C14H18ClNO3/c1-3-14(4-2,13(18)19)9-12(17)16-11-7-5-10(15)6-8-11/h5-8H,3-4,9H2,1-2H3,(H,16,17)(H,18,19). The normalized spacial score (nSPS) is 11.1. The summed E-state index contributed by atoms with van der Waals surface area (Å²) >= 11 is 5.75. The van der Waals surface area contributed by atoms with Crippen LogP contribution in [0.2, 0.25) is 5.02 Å². The lowest BCUT2D eigenvalue weighted by atomic mass is 9.79. The van der Waals surface area contributed by atoms with Crippen molar-refractivity contribution in [3.05, 3.63) is 29.3 Å². The lowest BCUT2D eigenvalue weighted by molar-refractivity contribution is -0.151. The third-order valence-corrected chi connectivity index (χ3v) is 3.69. The quantitative estimate of drug-likeness (QED) is 0.839. The molecule has 0 unspecified atom stereocenters. The molecular formula is C14H18ClNO3. The molecule has 0 aromatic heterocycles. The Kier molecular flexibility index (Phi) is 5.36. The van der Waals surface area contributed by atoms with Crippen LogP contribution in [0.1, 0.15) is 33.1 Å². The number of carboxylic acid groups (broad SMARTS) is 1. The van der Waals surface area contributed by atoms with Crippen molar-refractivity contribution in [1.82, 2.24) is 0 Å². The van der Waals surface area contributed by atoms with Gasteiger partial charge in [-0.1, -0.05) is 25.4 Å². The van der Waals surface area contributed by atoms with Crippen LogP contribution in [0.4, 0.5) is 5.69 Å². The Morgan fingerprint density at radius 2 is 1.74 bits per heavy atom. The van der Waals surface area contributed by atoms with E-state index in [4.69, 9.17) is 11.6 Å². The second kappa shape index (κ2) is 6.57. The summed E-state index contributed by atoms with van der Waals surface area (Å²) in [7, 11) is 0. The van der Waals surface area contributed by atoms with Gasteiger partial charge in [0.2, 0.25) is 5.91 Å². The van der Waals surface area contributed by atoms with Gasteiger partial charge in [-0.25, -0.2) is 0 Å². The molecule has 1 rings (SSSR count). The fourth-order valence-electron chi connectivity index (χ4n) is 1.92. The Hall–Kier alpha value is -1.55. The van der Waals surface area contributed by atoms with Crippen LogP contribution in [-0.2, 0) is 9.59 Å². The van der Waals surface area contributed by atoms with Crippen molar-refractivity contribution in [3.63, 3.8) is 0 Å². The molecule has 1 amide bonds. The summed E-state index contributed by atoms with van der Waals surface area (Å²) in [4.78, 5) is 23.2. The summed E-state index contributed by atoms with van der Waals surface area (Å²) in [6.07, 6.45) is 0.817. The van der Waals surface area contributed by atoms with Crippen molar-refractivity contribution in [3.8, 4) is 0 Å². The maximum Gasteiger partial charge on any atom is 0.310 e. The number of nitrogens with one attached hydrogen (secondary N) is 1. The Morgan fingerprint density at radius 1 is 1.21 bits per heavy atom. The maximum atomic E-state index is 11.9. The number of carbonyl (C=O) groups is 2. The van der Waals surface area contributed by atoms with Crippen molar-refractivity contribution in [2.75, 3.05) is 5.32 Å². The van der Waals surface area contributed by atoms with Crippen LogP contribution in [0, 0.1) is 5.41 Å². The number of carbonyl (C=O) groups excluding carboxylic acids is 1. The van der Waals surface area contributed by atoms with E-state index in [1.165, 1.54) is 0 Å². The molecule has 0 saturated heterocycles. The van der Waals surface area contributed by atoms with E-state index in [9.17, 15) is 14.7 Å². The van der Waals surface area contributed by atoms with E-state index in [1.807, 2.05) is 0 Å². The van der Waals surface area contributed by atoms with Crippen LogP contribution in [0.15, 0.2) is 24.3 Å². The van der Waals surface area contributed by atoms with Gasteiger partial charge < -0.3 is 10.4 Å². The van der Waals surface area contributed by atoms with Gasteiger partial charge in [0, 0.05) is 17.1 Å². The molecule has 104 valence electrons. The molecule has 0 aliphatic carbocycles. The van der Waals surface area contributed by atoms with Crippen molar-refractivity contribution in [2.45, 2.75) is 33.1 Å². The molecule has 1 aromatic rings. The molecule has 4 nitrogen and oxygen atoms in total. The Labute approximate surface area is 117 Å². The second-order valence-corrected chi connectivity index (χ2v) is 4.96. The van der Waals surface area contributed by atoms with E-state index in [0.717, 1.165) is 0 Å². The second-order valence-electron chi connectivity index (χ2n) is 4.52. The third kappa shape index (κ3) is 3.96. The summed E-state index contributed by atoms with van der Waals surface area (Å²) in [6.45, 7) is 3.57.